The Kier molecular flexibility index (Phi) is 3.73. The summed E-state index contributed by atoms with van der Waals surface area (Å²) in [6.45, 7) is 4.35. The third kappa shape index (κ3) is 2.32. The first-order valence-electron chi connectivity index (χ1n) is 5.71. The first kappa shape index (κ1) is 12.5. The zero-order valence-corrected chi connectivity index (χ0v) is 9.68. The van der Waals surface area contributed by atoms with Gasteiger partial charge >= 0.3 is 0 Å². The van der Waals surface area contributed by atoms with E-state index in [1.54, 1.807) is 0 Å². The highest BCUT2D eigenvalue weighted by molar-refractivity contribution is 5.86. The summed E-state index contributed by atoms with van der Waals surface area (Å²) < 4.78 is 0. The molecule has 1 amide bonds. The van der Waals surface area contributed by atoms with Crippen LogP contribution in [0.2, 0.25) is 0 Å². The van der Waals surface area contributed by atoms with Gasteiger partial charge in [-0.05, 0) is 25.7 Å². The van der Waals surface area contributed by atoms with E-state index in [2.05, 4.69) is 5.32 Å². The number of hydrogen-bond donors (Lipinski definition) is 3. The molecule has 4 nitrogen and oxygen atoms in total. The molecular formula is C11H22N2O2. The fraction of sp³-hybridized carbons (Fsp3) is 0.909. The van der Waals surface area contributed by atoms with Crippen LogP contribution in [0.1, 0.15) is 39.5 Å². The molecule has 1 aliphatic carbocycles. The molecule has 1 aliphatic rings. The molecule has 0 radical (unpaired) electrons. The molecule has 0 aromatic carbocycles. The summed E-state index contributed by atoms with van der Waals surface area (Å²) in [4.78, 5) is 11.9. The second-order valence-corrected chi connectivity index (χ2v) is 4.58. The van der Waals surface area contributed by atoms with E-state index in [9.17, 15) is 9.90 Å². The Morgan fingerprint density at radius 2 is 2.00 bits per heavy atom. The van der Waals surface area contributed by atoms with Crippen LogP contribution in [0.15, 0.2) is 0 Å². The summed E-state index contributed by atoms with van der Waals surface area (Å²) in [5, 5.41) is 12.3. The molecule has 0 aromatic rings. The molecule has 0 heterocycles. The average Bonchev–Trinajstić information content (AvgIpc) is 3.07. The van der Waals surface area contributed by atoms with Crippen LogP contribution in [0.5, 0.6) is 0 Å². The van der Waals surface area contributed by atoms with Crippen molar-refractivity contribution < 1.29 is 9.90 Å². The van der Waals surface area contributed by atoms with Crippen molar-refractivity contribution in [3.8, 4) is 0 Å². The van der Waals surface area contributed by atoms with Crippen LogP contribution in [0.4, 0.5) is 0 Å². The van der Waals surface area contributed by atoms with Crippen LogP contribution in [0.25, 0.3) is 0 Å². The van der Waals surface area contributed by atoms with E-state index in [0.29, 0.717) is 6.54 Å². The lowest BCUT2D eigenvalue weighted by Gasteiger charge is -2.32. The minimum Gasteiger partial charge on any atom is -0.394 e. The van der Waals surface area contributed by atoms with Gasteiger partial charge in [-0.2, -0.15) is 0 Å². The lowest BCUT2D eigenvalue weighted by molar-refractivity contribution is -0.128. The molecule has 0 unspecified atom stereocenters. The first-order chi connectivity index (χ1) is 7.08. The minimum absolute atomic E-state index is 0.00755. The van der Waals surface area contributed by atoms with Crippen molar-refractivity contribution in [2.45, 2.75) is 45.1 Å². The van der Waals surface area contributed by atoms with Gasteiger partial charge in [-0.15, -0.1) is 0 Å². The number of amides is 1. The number of nitrogens with one attached hydrogen (secondary N) is 1. The van der Waals surface area contributed by atoms with Crippen LogP contribution in [0.3, 0.4) is 0 Å². The highest BCUT2D eigenvalue weighted by Crippen LogP contribution is 2.45. The molecule has 88 valence electrons. The van der Waals surface area contributed by atoms with Gasteiger partial charge in [-0.3, -0.25) is 4.79 Å². The topological polar surface area (TPSA) is 75.3 Å². The predicted octanol–water partition coefficient (Wildman–Crippen LogP) is 0.393. The summed E-state index contributed by atoms with van der Waals surface area (Å²) in [5.41, 5.74) is 4.80. The van der Waals surface area contributed by atoms with Gasteiger partial charge in [0, 0.05) is 6.54 Å². The summed E-state index contributed by atoms with van der Waals surface area (Å²) >= 11 is 0. The number of carbonyl (C=O) groups is 1. The largest absolute Gasteiger partial charge is 0.394 e. The van der Waals surface area contributed by atoms with Crippen LogP contribution in [-0.2, 0) is 4.79 Å². The van der Waals surface area contributed by atoms with Gasteiger partial charge in [-0.25, -0.2) is 0 Å². The van der Waals surface area contributed by atoms with Crippen molar-refractivity contribution in [2.24, 2.45) is 11.1 Å². The fourth-order valence-electron chi connectivity index (χ4n) is 1.74. The van der Waals surface area contributed by atoms with E-state index >= 15 is 0 Å². The van der Waals surface area contributed by atoms with E-state index in [1.807, 2.05) is 13.8 Å². The van der Waals surface area contributed by atoms with Gasteiger partial charge in [0.25, 0.3) is 0 Å². The Morgan fingerprint density at radius 1 is 1.47 bits per heavy atom. The maximum absolute atomic E-state index is 11.9. The molecule has 0 aromatic heterocycles. The summed E-state index contributed by atoms with van der Waals surface area (Å²) in [5.74, 6) is 0.0164. The quantitative estimate of drug-likeness (QED) is 0.599. The van der Waals surface area contributed by atoms with E-state index in [-0.39, 0.29) is 17.9 Å². The van der Waals surface area contributed by atoms with Crippen LogP contribution >= 0.6 is 0 Å². The number of aliphatic hydroxyl groups is 1. The molecule has 1 fully saturated rings. The highest BCUT2D eigenvalue weighted by Gasteiger charge is 2.50. The number of carbonyl (C=O) groups excluding carboxylic acids is 1. The molecule has 0 atom stereocenters. The van der Waals surface area contributed by atoms with Gasteiger partial charge in [0.1, 0.15) is 0 Å². The van der Waals surface area contributed by atoms with Crippen molar-refractivity contribution in [3.63, 3.8) is 0 Å². The smallest absolute Gasteiger partial charge is 0.228 e. The van der Waals surface area contributed by atoms with E-state index in [1.165, 1.54) is 0 Å². The Bertz CT molecular complexity index is 224. The molecule has 0 saturated heterocycles. The summed E-state index contributed by atoms with van der Waals surface area (Å²) in [6.07, 6.45) is 3.24. The van der Waals surface area contributed by atoms with Crippen molar-refractivity contribution in [2.75, 3.05) is 13.2 Å². The van der Waals surface area contributed by atoms with E-state index < -0.39 is 5.54 Å². The van der Waals surface area contributed by atoms with E-state index in [4.69, 9.17) is 5.73 Å². The standard InChI is InChI=1S/C11H22N2O2/c1-3-11(4-2,8-14)13-9(15)10(7-12)5-6-10/h14H,3-8,12H2,1-2H3,(H,13,15). The van der Waals surface area contributed by atoms with Crippen molar-refractivity contribution >= 4 is 5.91 Å². The maximum atomic E-state index is 11.9. The zero-order valence-electron chi connectivity index (χ0n) is 9.68. The lowest BCUT2D eigenvalue weighted by atomic mass is 9.92. The number of rotatable bonds is 6. The Morgan fingerprint density at radius 3 is 2.27 bits per heavy atom. The third-order valence-electron chi connectivity index (χ3n) is 3.76. The molecule has 1 rings (SSSR count). The first-order valence-corrected chi connectivity index (χ1v) is 5.71. The second-order valence-electron chi connectivity index (χ2n) is 4.58. The molecular weight excluding hydrogens is 192 g/mol. The second kappa shape index (κ2) is 4.49. The number of aliphatic hydroxyl groups excluding tert-OH is 1. The molecule has 0 bridgehead atoms. The van der Waals surface area contributed by atoms with Crippen LogP contribution in [0, 0.1) is 5.41 Å². The monoisotopic (exact) mass is 214 g/mol. The molecule has 4 heteroatoms. The SMILES string of the molecule is CCC(CC)(CO)NC(=O)C1(CN)CC1. The van der Waals surface area contributed by atoms with Gasteiger partial charge < -0.3 is 16.2 Å². The minimum atomic E-state index is -0.457. The van der Waals surface area contributed by atoms with Gasteiger partial charge in [-0.1, -0.05) is 13.8 Å². The number of hydrogen-bond acceptors (Lipinski definition) is 3. The average molecular weight is 214 g/mol. The molecule has 1 saturated carbocycles. The Labute approximate surface area is 91.2 Å². The van der Waals surface area contributed by atoms with Gasteiger partial charge in [0.15, 0.2) is 0 Å². The molecule has 4 N–H and O–H groups in total. The van der Waals surface area contributed by atoms with Crippen LogP contribution < -0.4 is 11.1 Å². The van der Waals surface area contributed by atoms with Gasteiger partial charge in [0.05, 0.1) is 17.6 Å². The van der Waals surface area contributed by atoms with Crippen LogP contribution in [-0.4, -0.2) is 29.7 Å². The Hall–Kier alpha value is -0.610. The number of nitrogens with two attached hydrogens (primary N) is 1. The summed E-state index contributed by atoms with van der Waals surface area (Å²) in [7, 11) is 0. The normalized spacial score (nSPS) is 18.7. The van der Waals surface area contributed by atoms with E-state index in [0.717, 1.165) is 25.7 Å². The van der Waals surface area contributed by atoms with Crippen molar-refractivity contribution in [1.29, 1.82) is 0 Å². The fourth-order valence-corrected chi connectivity index (χ4v) is 1.74. The lowest BCUT2D eigenvalue weighted by Crippen LogP contribution is -2.53. The predicted molar refractivity (Wildman–Crippen MR) is 59.3 cm³/mol. The van der Waals surface area contributed by atoms with Crippen molar-refractivity contribution in [3.05, 3.63) is 0 Å². The Balaban J connectivity index is 2.63. The zero-order chi connectivity index (χ0) is 11.5. The third-order valence-corrected chi connectivity index (χ3v) is 3.76. The molecule has 0 spiro atoms. The summed E-state index contributed by atoms with van der Waals surface area (Å²) in [6, 6.07) is 0. The molecule has 0 aliphatic heterocycles. The highest BCUT2D eigenvalue weighted by atomic mass is 16.3. The van der Waals surface area contributed by atoms with Crippen molar-refractivity contribution in [1.82, 2.24) is 5.32 Å². The van der Waals surface area contributed by atoms with Gasteiger partial charge in [0.2, 0.25) is 5.91 Å². The maximum Gasteiger partial charge on any atom is 0.228 e. The molecule has 15 heavy (non-hydrogen) atoms.